The third-order valence-corrected chi connectivity index (χ3v) is 6.23. The largest absolute Gasteiger partial charge is 0.416 e. The molecule has 10 heteroatoms. The van der Waals surface area contributed by atoms with Crippen molar-refractivity contribution in [2.45, 2.75) is 59.6 Å². The first-order valence-corrected chi connectivity index (χ1v) is 11.7. The van der Waals surface area contributed by atoms with Crippen molar-refractivity contribution >= 4 is 17.3 Å². The molecule has 4 rings (SSSR count). The van der Waals surface area contributed by atoms with Crippen molar-refractivity contribution in [1.29, 1.82) is 0 Å². The normalized spacial score (nSPS) is 14.3. The molecule has 0 saturated carbocycles. The Morgan fingerprint density at radius 3 is 2.29 bits per heavy atom. The number of amides is 1. The van der Waals surface area contributed by atoms with Gasteiger partial charge in [-0.25, -0.2) is 14.6 Å². The van der Waals surface area contributed by atoms with Crippen LogP contribution in [-0.2, 0) is 17.4 Å². The van der Waals surface area contributed by atoms with Gasteiger partial charge < -0.3 is 10.2 Å². The summed E-state index contributed by atoms with van der Waals surface area (Å²) in [6.07, 6.45) is -1.51. The molecule has 0 radical (unpaired) electrons. The quantitative estimate of drug-likeness (QED) is 0.544. The van der Waals surface area contributed by atoms with Crippen LogP contribution in [0.2, 0.25) is 0 Å². The van der Waals surface area contributed by atoms with Gasteiger partial charge in [0.15, 0.2) is 0 Å². The van der Waals surface area contributed by atoms with Crippen molar-refractivity contribution in [2.75, 3.05) is 23.3 Å². The number of halogens is 3. The summed E-state index contributed by atoms with van der Waals surface area (Å²) in [5.74, 6) is 0.00898. The Morgan fingerprint density at radius 1 is 1.00 bits per heavy atom. The Morgan fingerprint density at radius 2 is 1.66 bits per heavy atom. The molecule has 1 saturated heterocycles. The second-order valence-corrected chi connectivity index (χ2v) is 9.01. The maximum Gasteiger partial charge on any atom is 0.416 e. The molecule has 7 nitrogen and oxygen atoms in total. The number of rotatable bonds is 5. The second kappa shape index (κ2) is 9.67. The van der Waals surface area contributed by atoms with E-state index in [0.717, 1.165) is 55.9 Å². The number of anilines is 2. The molecule has 35 heavy (non-hydrogen) atoms. The van der Waals surface area contributed by atoms with Gasteiger partial charge in [-0.15, -0.1) is 0 Å². The van der Waals surface area contributed by atoms with E-state index in [9.17, 15) is 18.0 Å². The van der Waals surface area contributed by atoms with Crippen LogP contribution in [0, 0.1) is 27.7 Å². The molecule has 1 N–H and O–H groups in total. The van der Waals surface area contributed by atoms with E-state index in [-0.39, 0.29) is 12.1 Å². The van der Waals surface area contributed by atoms with Crippen LogP contribution in [0.4, 0.5) is 24.5 Å². The van der Waals surface area contributed by atoms with E-state index in [4.69, 9.17) is 0 Å². The number of hydrogen-bond acceptors (Lipinski definition) is 5. The number of aromatic nitrogens is 4. The van der Waals surface area contributed by atoms with Gasteiger partial charge in [-0.1, -0.05) is 0 Å². The highest BCUT2D eigenvalue weighted by molar-refractivity contribution is 5.96. The number of carbonyl (C=O) groups excluding carboxylic acids is 1. The van der Waals surface area contributed by atoms with Crippen LogP contribution in [0.3, 0.4) is 0 Å². The number of nitrogens with one attached hydrogen (secondary N) is 1. The molecule has 0 aliphatic carbocycles. The molecule has 186 valence electrons. The zero-order valence-corrected chi connectivity index (χ0v) is 20.3. The fraction of sp³-hybridized carbons (Fsp3) is 0.440. The van der Waals surface area contributed by atoms with Gasteiger partial charge in [-0.3, -0.25) is 4.79 Å². The molecule has 2 aromatic heterocycles. The summed E-state index contributed by atoms with van der Waals surface area (Å²) in [6.45, 7) is 8.84. The fourth-order valence-electron chi connectivity index (χ4n) is 4.51. The Balaban J connectivity index is 1.61. The summed E-state index contributed by atoms with van der Waals surface area (Å²) in [6, 6.07) is 5.41. The van der Waals surface area contributed by atoms with E-state index in [2.05, 4.69) is 20.4 Å². The lowest BCUT2D eigenvalue weighted by Crippen LogP contribution is -2.30. The molecule has 0 bridgehead atoms. The maximum absolute atomic E-state index is 13.4. The van der Waals surface area contributed by atoms with E-state index in [1.54, 1.807) is 11.6 Å². The average molecular weight is 487 g/mol. The minimum Gasteiger partial charge on any atom is -0.370 e. The van der Waals surface area contributed by atoms with Gasteiger partial charge in [0.2, 0.25) is 5.91 Å². The number of alkyl halides is 3. The number of hydrogen-bond donors (Lipinski definition) is 1. The number of nitrogens with zero attached hydrogens (tertiary/aromatic N) is 5. The molecule has 3 heterocycles. The number of piperidine rings is 1. The topological polar surface area (TPSA) is 75.9 Å². The van der Waals surface area contributed by atoms with Gasteiger partial charge in [0.1, 0.15) is 0 Å². The van der Waals surface area contributed by atoms with Crippen molar-refractivity contribution in [3.8, 4) is 5.95 Å². The number of benzene rings is 1. The number of aryl methyl sites for hydroxylation is 3. The second-order valence-electron chi connectivity index (χ2n) is 9.01. The summed E-state index contributed by atoms with van der Waals surface area (Å²) in [5.41, 5.74) is 3.63. The third kappa shape index (κ3) is 5.47. The highest BCUT2D eigenvalue weighted by atomic mass is 19.4. The van der Waals surface area contributed by atoms with Crippen molar-refractivity contribution < 1.29 is 18.0 Å². The van der Waals surface area contributed by atoms with Crippen LogP contribution in [-0.4, -0.2) is 38.7 Å². The van der Waals surface area contributed by atoms with Crippen LogP contribution in [0.25, 0.3) is 5.95 Å². The summed E-state index contributed by atoms with van der Waals surface area (Å²) in [7, 11) is 0. The average Bonchev–Trinajstić information content (AvgIpc) is 3.06. The summed E-state index contributed by atoms with van der Waals surface area (Å²) in [4.78, 5) is 24.0. The minimum atomic E-state index is -4.50. The number of carbonyl (C=O) groups is 1. The molecule has 1 aliphatic rings. The molecule has 1 aromatic carbocycles. The van der Waals surface area contributed by atoms with E-state index in [0.29, 0.717) is 28.6 Å². The van der Waals surface area contributed by atoms with Gasteiger partial charge in [-0.2, -0.15) is 18.3 Å². The molecule has 1 fully saturated rings. The maximum atomic E-state index is 13.4. The first-order valence-electron chi connectivity index (χ1n) is 11.7. The Labute approximate surface area is 202 Å². The van der Waals surface area contributed by atoms with Crippen molar-refractivity contribution in [2.24, 2.45) is 0 Å². The predicted molar refractivity (Wildman–Crippen MR) is 128 cm³/mol. The standard InChI is InChI=1S/C25H29F3N6O/c1-15-12-16(2)30-24(29-15)34-18(4)20(17(3)32-34)14-23(35)31-21-13-19(25(26,27)28)8-9-22(21)33-10-6-5-7-11-33/h8-9,12-13H,5-7,10-11,14H2,1-4H3,(H,31,35). The first kappa shape index (κ1) is 24.7. The molecule has 0 spiro atoms. The zero-order valence-electron chi connectivity index (χ0n) is 20.3. The lowest BCUT2D eigenvalue weighted by Gasteiger charge is -2.31. The molecule has 0 atom stereocenters. The SMILES string of the molecule is Cc1cc(C)nc(-n2nc(C)c(CC(=O)Nc3cc(C(F)(F)F)ccc3N3CCCCC3)c2C)n1. The van der Waals surface area contributed by atoms with Crippen LogP contribution < -0.4 is 10.2 Å². The molecular formula is C25H29F3N6O. The highest BCUT2D eigenvalue weighted by Gasteiger charge is 2.32. The zero-order chi connectivity index (χ0) is 25.3. The van der Waals surface area contributed by atoms with Gasteiger partial charge in [0.05, 0.1) is 29.1 Å². The minimum absolute atomic E-state index is 0.0296. The monoisotopic (exact) mass is 486 g/mol. The van der Waals surface area contributed by atoms with Gasteiger partial charge in [0.25, 0.3) is 5.95 Å². The Kier molecular flexibility index (Phi) is 6.82. The fourth-order valence-corrected chi connectivity index (χ4v) is 4.51. The Bertz CT molecular complexity index is 1220. The van der Waals surface area contributed by atoms with Crippen LogP contribution in [0.5, 0.6) is 0 Å². The Hall–Kier alpha value is -3.43. The lowest BCUT2D eigenvalue weighted by atomic mass is 10.1. The molecular weight excluding hydrogens is 457 g/mol. The van der Waals surface area contributed by atoms with E-state index in [1.807, 2.05) is 31.7 Å². The van der Waals surface area contributed by atoms with E-state index >= 15 is 0 Å². The smallest absolute Gasteiger partial charge is 0.370 e. The lowest BCUT2D eigenvalue weighted by molar-refractivity contribution is -0.137. The van der Waals surface area contributed by atoms with Crippen LogP contribution >= 0.6 is 0 Å². The van der Waals surface area contributed by atoms with E-state index < -0.39 is 17.6 Å². The molecule has 0 unspecified atom stereocenters. The molecule has 1 amide bonds. The molecule has 1 aliphatic heterocycles. The third-order valence-electron chi connectivity index (χ3n) is 6.23. The van der Waals surface area contributed by atoms with Gasteiger partial charge in [-0.05, 0) is 71.2 Å². The van der Waals surface area contributed by atoms with Crippen molar-refractivity contribution in [3.63, 3.8) is 0 Å². The highest BCUT2D eigenvalue weighted by Crippen LogP contribution is 2.36. The molecule has 3 aromatic rings. The van der Waals surface area contributed by atoms with Gasteiger partial charge in [0, 0.05) is 35.7 Å². The summed E-state index contributed by atoms with van der Waals surface area (Å²) in [5, 5.41) is 7.26. The summed E-state index contributed by atoms with van der Waals surface area (Å²) < 4.78 is 41.8. The van der Waals surface area contributed by atoms with Crippen LogP contribution in [0.15, 0.2) is 24.3 Å². The first-order chi connectivity index (χ1) is 16.5. The summed E-state index contributed by atoms with van der Waals surface area (Å²) >= 11 is 0. The predicted octanol–water partition coefficient (Wildman–Crippen LogP) is 5.09. The van der Waals surface area contributed by atoms with Crippen molar-refractivity contribution in [3.05, 3.63) is 58.2 Å². The van der Waals surface area contributed by atoms with Crippen LogP contribution in [0.1, 0.15) is 53.2 Å². The van der Waals surface area contributed by atoms with E-state index in [1.165, 1.54) is 6.07 Å². The van der Waals surface area contributed by atoms with Crippen molar-refractivity contribution in [1.82, 2.24) is 19.7 Å². The van der Waals surface area contributed by atoms with Gasteiger partial charge >= 0.3 is 6.18 Å².